The number of ketones is 1. The van der Waals surface area contributed by atoms with Crippen molar-refractivity contribution in [1.82, 2.24) is 0 Å². The van der Waals surface area contributed by atoms with E-state index in [4.69, 9.17) is 5.73 Å². The van der Waals surface area contributed by atoms with Gasteiger partial charge < -0.3 is 5.73 Å². The Morgan fingerprint density at radius 1 is 1.07 bits per heavy atom. The van der Waals surface area contributed by atoms with Gasteiger partial charge in [0.2, 0.25) is 0 Å². The first-order valence-electron chi connectivity index (χ1n) is 6.38. The van der Waals surface area contributed by atoms with E-state index < -0.39 is 0 Å². The Morgan fingerprint density at radius 2 is 1.60 bits per heavy atom. The molecule has 0 unspecified atom stereocenters. The summed E-state index contributed by atoms with van der Waals surface area (Å²) >= 11 is 0. The van der Waals surface area contributed by atoms with Crippen molar-refractivity contribution in [2.45, 2.75) is 77.7 Å². The summed E-state index contributed by atoms with van der Waals surface area (Å²) < 4.78 is 0. The van der Waals surface area contributed by atoms with Gasteiger partial charge in [-0.3, -0.25) is 4.79 Å². The molecule has 0 aliphatic carbocycles. The lowest BCUT2D eigenvalue weighted by Crippen LogP contribution is -2.39. The van der Waals surface area contributed by atoms with Gasteiger partial charge in [0.05, 0.1) is 0 Å². The van der Waals surface area contributed by atoms with Gasteiger partial charge in [-0.05, 0) is 25.7 Å². The van der Waals surface area contributed by atoms with Crippen LogP contribution < -0.4 is 5.73 Å². The van der Waals surface area contributed by atoms with Crippen LogP contribution in [0, 0.1) is 0 Å². The maximum atomic E-state index is 11.2. The Morgan fingerprint density at radius 3 is 2.00 bits per heavy atom. The van der Waals surface area contributed by atoms with Crippen molar-refractivity contribution in [1.29, 1.82) is 0 Å². The zero-order valence-electron chi connectivity index (χ0n) is 10.6. The summed E-state index contributed by atoms with van der Waals surface area (Å²) in [6, 6.07) is 0. The second-order valence-corrected chi connectivity index (χ2v) is 4.61. The highest BCUT2D eigenvalue weighted by atomic mass is 16.1. The largest absolute Gasteiger partial charge is 0.325 e. The third-order valence-electron chi connectivity index (χ3n) is 3.02. The normalized spacial score (nSPS) is 11.7. The maximum Gasteiger partial charge on any atom is 0.132 e. The minimum absolute atomic E-state index is 0.0163. The van der Waals surface area contributed by atoms with E-state index in [0.29, 0.717) is 18.6 Å². The first kappa shape index (κ1) is 14.6. The molecule has 2 heteroatoms. The summed E-state index contributed by atoms with van der Waals surface area (Å²) in [6.45, 7) is 6.28. The molecule has 2 nitrogen and oxygen atoms in total. The highest BCUT2D eigenvalue weighted by Crippen LogP contribution is 2.23. The average molecular weight is 213 g/mol. The number of rotatable bonds is 9. The molecule has 2 N–H and O–H groups in total. The molecule has 0 amide bonds. The number of hydrogen-bond acceptors (Lipinski definition) is 2. The van der Waals surface area contributed by atoms with Gasteiger partial charge in [-0.25, -0.2) is 0 Å². The summed E-state index contributed by atoms with van der Waals surface area (Å²) in [5.74, 6) is 0.366. The Kier molecular flexibility index (Phi) is 7.67. The zero-order chi connectivity index (χ0) is 11.7. The van der Waals surface area contributed by atoms with Crippen LogP contribution in [-0.2, 0) is 4.79 Å². The van der Waals surface area contributed by atoms with Gasteiger partial charge in [-0.15, -0.1) is 0 Å². The molecule has 0 radical (unpaired) electrons. The Bertz CT molecular complexity index is 171. The van der Waals surface area contributed by atoms with E-state index in [1.165, 1.54) is 0 Å². The quantitative estimate of drug-likeness (QED) is 0.637. The second-order valence-electron chi connectivity index (χ2n) is 4.61. The molecule has 0 spiro atoms. The van der Waals surface area contributed by atoms with E-state index >= 15 is 0 Å². The van der Waals surface area contributed by atoms with E-state index in [0.717, 1.165) is 38.5 Å². The number of carbonyl (C=O) groups excluding carboxylic acids is 1. The van der Waals surface area contributed by atoms with Gasteiger partial charge in [0.25, 0.3) is 0 Å². The van der Waals surface area contributed by atoms with Crippen molar-refractivity contribution in [2.24, 2.45) is 5.73 Å². The van der Waals surface area contributed by atoms with Crippen LogP contribution in [0.4, 0.5) is 0 Å². The van der Waals surface area contributed by atoms with Crippen molar-refractivity contribution in [3.8, 4) is 0 Å². The van der Waals surface area contributed by atoms with Crippen molar-refractivity contribution in [3.05, 3.63) is 0 Å². The van der Waals surface area contributed by atoms with Crippen LogP contribution in [0.5, 0.6) is 0 Å². The second kappa shape index (κ2) is 7.86. The first-order chi connectivity index (χ1) is 7.08. The standard InChI is InChI=1S/C13H27NO/c1-4-9-13(14,10-5-2)11-7-8-12(15)6-3/h4-11,14H2,1-3H3. The number of carbonyl (C=O) groups is 1. The zero-order valence-corrected chi connectivity index (χ0v) is 10.6. The average Bonchev–Trinajstić information content (AvgIpc) is 2.18. The van der Waals surface area contributed by atoms with Crippen LogP contribution >= 0.6 is 0 Å². The van der Waals surface area contributed by atoms with Crippen LogP contribution in [0.25, 0.3) is 0 Å². The predicted octanol–water partition coefficient (Wildman–Crippen LogP) is 3.43. The molecule has 0 aliphatic heterocycles. The molecule has 0 aliphatic rings. The van der Waals surface area contributed by atoms with E-state index in [9.17, 15) is 4.79 Å². The van der Waals surface area contributed by atoms with Crippen molar-refractivity contribution in [3.63, 3.8) is 0 Å². The third-order valence-corrected chi connectivity index (χ3v) is 3.02. The van der Waals surface area contributed by atoms with Crippen LogP contribution in [0.1, 0.15) is 72.1 Å². The maximum absolute atomic E-state index is 11.2. The van der Waals surface area contributed by atoms with Crippen LogP contribution in [0.3, 0.4) is 0 Å². The van der Waals surface area contributed by atoms with Gasteiger partial charge in [0.1, 0.15) is 5.78 Å². The van der Waals surface area contributed by atoms with Gasteiger partial charge in [0, 0.05) is 18.4 Å². The topological polar surface area (TPSA) is 43.1 Å². The Hall–Kier alpha value is -0.370. The number of hydrogen-bond donors (Lipinski definition) is 1. The first-order valence-corrected chi connectivity index (χ1v) is 6.38. The lowest BCUT2D eigenvalue weighted by Gasteiger charge is -2.28. The van der Waals surface area contributed by atoms with E-state index in [1.54, 1.807) is 0 Å². The summed E-state index contributed by atoms with van der Waals surface area (Å²) in [7, 11) is 0. The fourth-order valence-electron chi connectivity index (χ4n) is 2.19. The fourth-order valence-corrected chi connectivity index (χ4v) is 2.19. The van der Waals surface area contributed by atoms with Gasteiger partial charge in [0.15, 0.2) is 0 Å². The molecule has 0 aromatic carbocycles. The Balaban J connectivity index is 3.89. The van der Waals surface area contributed by atoms with E-state index in [1.807, 2.05) is 6.92 Å². The SMILES string of the molecule is CCCC(N)(CCC)CCCC(=O)CC. The van der Waals surface area contributed by atoms with Gasteiger partial charge >= 0.3 is 0 Å². The lowest BCUT2D eigenvalue weighted by atomic mass is 9.84. The molecule has 0 heterocycles. The molecule has 0 aromatic rings. The minimum Gasteiger partial charge on any atom is -0.325 e. The third kappa shape index (κ3) is 6.67. The van der Waals surface area contributed by atoms with Crippen LogP contribution in [0.15, 0.2) is 0 Å². The molecule has 0 aromatic heterocycles. The molecular formula is C13H27NO. The van der Waals surface area contributed by atoms with Gasteiger partial charge in [-0.1, -0.05) is 33.6 Å². The fraction of sp³-hybridized carbons (Fsp3) is 0.923. The number of nitrogens with two attached hydrogens (primary N) is 1. The van der Waals surface area contributed by atoms with Crippen molar-refractivity contribution < 1.29 is 4.79 Å². The van der Waals surface area contributed by atoms with E-state index in [-0.39, 0.29) is 5.54 Å². The minimum atomic E-state index is -0.0163. The molecule has 0 bridgehead atoms. The summed E-state index contributed by atoms with van der Waals surface area (Å²) in [6.07, 6.45) is 7.78. The van der Waals surface area contributed by atoms with Gasteiger partial charge in [-0.2, -0.15) is 0 Å². The smallest absolute Gasteiger partial charge is 0.132 e. The summed E-state index contributed by atoms with van der Waals surface area (Å²) in [5, 5.41) is 0. The molecule has 0 saturated heterocycles. The predicted molar refractivity (Wildman–Crippen MR) is 65.9 cm³/mol. The van der Waals surface area contributed by atoms with Crippen molar-refractivity contribution >= 4 is 5.78 Å². The molecule has 0 atom stereocenters. The molecular weight excluding hydrogens is 186 g/mol. The Labute approximate surface area is 94.6 Å². The molecule has 90 valence electrons. The number of Topliss-reactive ketones (excluding diaryl/α,β-unsaturated/α-hetero) is 1. The van der Waals surface area contributed by atoms with Crippen molar-refractivity contribution in [2.75, 3.05) is 0 Å². The summed E-state index contributed by atoms with van der Waals surface area (Å²) in [4.78, 5) is 11.2. The molecule has 0 fully saturated rings. The monoisotopic (exact) mass is 213 g/mol. The molecule has 15 heavy (non-hydrogen) atoms. The highest BCUT2D eigenvalue weighted by Gasteiger charge is 2.22. The van der Waals surface area contributed by atoms with Crippen LogP contribution in [0.2, 0.25) is 0 Å². The summed E-state index contributed by atoms with van der Waals surface area (Å²) in [5.41, 5.74) is 6.32. The van der Waals surface area contributed by atoms with E-state index in [2.05, 4.69) is 13.8 Å². The lowest BCUT2D eigenvalue weighted by molar-refractivity contribution is -0.118. The molecule has 0 rings (SSSR count). The molecule has 0 saturated carbocycles. The highest BCUT2D eigenvalue weighted by molar-refractivity contribution is 5.77. The van der Waals surface area contributed by atoms with Crippen LogP contribution in [-0.4, -0.2) is 11.3 Å².